The lowest BCUT2D eigenvalue weighted by atomic mass is 9.94. The van der Waals surface area contributed by atoms with Crippen molar-refractivity contribution in [2.24, 2.45) is 5.92 Å². The van der Waals surface area contributed by atoms with Gasteiger partial charge in [0, 0.05) is 4.88 Å². The predicted molar refractivity (Wildman–Crippen MR) is 79.9 cm³/mol. The van der Waals surface area contributed by atoms with Crippen molar-refractivity contribution < 1.29 is 14.3 Å². The topological polar surface area (TPSA) is 74.5 Å². The molecule has 3 N–H and O–H groups in total. The lowest BCUT2D eigenvalue weighted by molar-refractivity contribution is -0.00449. The Bertz CT molecular complexity index is 578. The average Bonchev–Trinajstić information content (AvgIpc) is 3.00. The lowest BCUT2D eigenvalue weighted by Gasteiger charge is -2.26. The molecule has 1 fully saturated rings. The molecule has 0 saturated heterocycles. The third-order valence-corrected chi connectivity index (χ3v) is 4.60. The van der Waals surface area contributed by atoms with Gasteiger partial charge in [-0.15, -0.1) is 11.3 Å². The zero-order valence-electron chi connectivity index (χ0n) is 11.5. The number of hydrogen-bond donors (Lipinski definition) is 3. The Morgan fingerprint density at radius 1 is 1.38 bits per heavy atom. The summed E-state index contributed by atoms with van der Waals surface area (Å²) in [6, 6.07) is 7.13. The van der Waals surface area contributed by atoms with Crippen molar-refractivity contribution in [2.75, 3.05) is 6.54 Å². The zero-order chi connectivity index (χ0) is 14.7. The third kappa shape index (κ3) is 3.28. The van der Waals surface area contributed by atoms with Crippen molar-refractivity contribution in [3.8, 4) is 0 Å². The van der Waals surface area contributed by atoms with Crippen LogP contribution >= 0.6 is 11.3 Å². The summed E-state index contributed by atoms with van der Waals surface area (Å²) < 4.78 is 5.33. The van der Waals surface area contributed by atoms with Gasteiger partial charge in [0.2, 0.25) is 0 Å². The standard InChI is InChI=1S/C15H18N2O3S/c18-14(16-9-12-3-2-8-21-12)17-10-15(19,11-5-6-11)13-4-1-7-20-13/h1-4,7-8,11,19H,5-6,9-10H2,(H2,16,17,18). The van der Waals surface area contributed by atoms with E-state index in [4.69, 9.17) is 4.42 Å². The molecule has 3 rings (SSSR count). The second kappa shape index (κ2) is 5.91. The maximum absolute atomic E-state index is 11.8. The first-order valence-electron chi connectivity index (χ1n) is 6.99. The van der Waals surface area contributed by atoms with Gasteiger partial charge in [-0.2, -0.15) is 0 Å². The first-order valence-corrected chi connectivity index (χ1v) is 7.87. The molecule has 1 aliphatic rings. The number of carbonyl (C=O) groups is 1. The van der Waals surface area contributed by atoms with Crippen LogP contribution in [0.4, 0.5) is 4.79 Å². The third-order valence-electron chi connectivity index (χ3n) is 3.72. The van der Waals surface area contributed by atoms with Crippen molar-refractivity contribution in [3.05, 3.63) is 46.5 Å². The molecule has 21 heavy (non-hydrogen) atoms. The molecule has 1 unspecified atom stereocenters. The molecule has 0 aromatic carbocycles. The van der Waals surface area contributed by atoms with Crippen LogP contribution in [0.25, 0.3) is 0 Å². The normalized spacial score (nSPS) is 17.2. The van der Waals surface area contributed by atoms with E-state index in [1.165, 1.54) is 0 Å². The lowest BCUT2D eigenvalue weighted by Crippen LogP contribution is -2.45. The fraction of sp³-hybridized carbons (Fsp3) is 0.400. The number of furan rings is 1. The van der Waals surface area contributed by atoms with Gasteiger partial charge < -0.3 is 20.2 Å². The minimum atomic E-state index is -1.11. The Labute approximate surface area is 127 Å². The van der Waals surface area contributed by atoms with Crippen LogP contribution in [0.3, 0.4) is 0 Å². The minimum absolute atomic E-state index is 0.154. The minimum Gasteiger partial charge on any atom is -0.466 e. The van der Waals surface area contributed by atoms with Crippen LogP contribution in [-0.2, 0) is 12.1 Å². The molecule has 1 aliphatic carbocycles. The van der Waals surface area contributed by atoms with Crippen LogP contribution in [0.15, 0.2) is 40.3 Å². The van der Waals surface area contributed by atoms with E-state index in [1.54, 1.807) is 29.7 Å². The molecule has 2 aromatic heterocycles. The van der Waals surface area contributed by atoms with Gasteiger partial charge >= 0.3 is 6.03 Å². The SMILES string of the molecule is O=C(NCc1cccs1)NCC(O)(c1ccco1)C1CC1. The van der Waals surface area contributed by atoms with E-state index < -0.39 is 5.60 Å². The van der Waals surface area contributed by atoms with Gasteiger partial charge in [0.25, 0.3) is 0 Å². The van der Waals surface area contributed by atoms with Gasteiger partial charge in [-0.25, -0.2) is 4.79 Å². The molecular weight excluding hydrogens is 288 g/mol. The van der Waals surface area contributed by atoms with Crippen molar-refractivity contribution in [3.63, 3.8) is 0 Å². The van der Waals surface area contributed by atoms with Gasteiger partial charge in [0.05, 0.1) is 19.4 Å². The summed E-state index contributed by atoms with van der Waals surface area (Å²) in [6.45, 7) is 0.646. The monoisotopic (exact) mass is 306 g/mol. The zero-order valence-corrected chi connectivity index (χ0v) is 12.4. The first kappa shape index (κ1) is 14.2. The molecule has 1 atom stereocenters. The first-order chi connectivity index (χ1) is 10.2. The second-order valence-corrected chi connectivity index (χ2v) is 6.32. The highest BCUT2D eigenvalue weighted by Gasteiger charge is 2.47. The van der Waals surface area contributed by atoms with Crippen LogP contribution in [-0.4, -0.2) is 17.7 Å². The molecule has 0 spiro atoms. The maximum Gasteiger partial charge on any atom is 0.315 e. The highest BCUT2D eigenvalue weighted by atomic mass is 32.1. The van der Waals surface area contributed by atoms with Gasteiger partial charge in [-0.1, -0.05) is 6.07 Å². The smallest absolute Gasteiger partial charge is 0.315 e. The fourth-order valence-electron chi connectivity index (χ4n) is 2.38. The van der Waals surface area contributed by atoms with Crippen molar-refractivity contribution in [2.45, 2.75) is 25.0 Å². The Kier molecular flexibility index (Phi) is 3.98. The summed E-state index contributed by atoms with van der Waals surface area (Å²) in [4.78, 5) is 12.9. The molecular formula is C15H18N2O3S. The highest BCUT2D eigenvalue weighted by molar-refractivity contribution is 7.09. The van der Waals surface area contributed by atoms with E-state index >= 15 is 0 Å². The van der Waals surface area contributed by atoms with Crippen LogP contribution in [0.5, 0.6) is 0 Å². The van der Waals surface area contributed by atoms with E-state index in [0.717, 1.165) is 17.7 Å². The second-order valence-electron chi connectivity index (χ2n) is 5.29. The Balaban J connectivity index is 1.54. The number of amides is 2. The molecule has 0 aliphatic heterocycles. The number of hydrogen-bond acceptors (Lipinski definition) is 4. The van der Waals surface area contributed by atoms with E-state index in [1.807, 2.05) is 17.5 Å². The molecule has 112 valence electrons. The molecule has 1 saturated carbocycles. The molecule has 0 radical (unpaired) electrons. The molecule has 6 heteroatoms. The highest BCUT2D eigenvalue weighted by Crippen LogP contribution is 2.45. The summed E-state index contributed by atoms with van der Waals surface area (Å²) in [5, 5.41) is 18.3. The number of aliphatic hydroxyl groups is 1. The molecule has 2 heterocycles. The van der Waals surface area contributed by atoms with Crippen LogP contribution < -0.4 is 10.6 Å². The van der Waals surface area contributed by atoms with Gasteiger partial charge in [0.15, 0.2) is 0 Å². The van der Waals surface area contributed by atoms with Gasteiger partial charge in [-0.05, 0) is 42.3 Å². The van der Waals surface area contributed by atoms with E-state index in [0.29, 0.717) is 12.3 Å². The van der Waals surface area contributed by atoms with Crippen LogP contribution in [0, 0.1) is 5.92 Å². The van der Waals surface area contributed by atoms with Crippen LogP contribution in [0.2, 0.25) is 0 Å². The van der Waals surface area contributed by atoms with Crippen molar-refractivity contribution >= 4 is 17.4 Å². The Morgan fingerprint density at radius 2 is 2.24 bits per heavy atom. The number of nitrogens with one attached hydrogen (secondary N) is 2. The van der Waals surface area contributed by atoms with Crippen molar-refractivity contribution in [1.82, 2.24) is 10.6 Å². The summed E-state index contributed by atoms with van der Waals surface area (Å²) >= 11 is 1.59. The summed E-state index contributed by atoms with van der Waals surface area (Å²) in [5.74, 6) is 0.671. The van der Waals surface area contributed by atoms with Gasteiger partial charge in [-0.3, -0.25) is 0 Å². The number of carbonyl (C=O) groups excluding carboxylic acids is 1. The van der Waals surface area contributed by atoms with E-state index in [9.17, 15) is 9.90 Å². The quantitative estimate of drug-likeness (QED) is 0.767. The molecule has 0 bridgehead atoms. The molecule has 2 amide bonds. The van der Waals surface area contributed by atoms with Gasteiger partial charge in [0.1, 0.15) is 11.4 Å². The summed E-state index contributed by atoms with van der Waals surface area (Å²) in [5.41, 5.74) is -1.11. The predicted octanol–water partition coefficient (Wildman–Crippen LogP) is 2.44. The van der Waals surface area contributed by atoms with Crippen LogP contribution in [0.1, 0.15) is 23.5 Å². The molecule has 2 aromatic rings. The van der Waals surface area contributed by atoms with E-state index in [2.05, 4.69) is 10.6 Å². The van der Waals surface area contributed by atoms with Crippen molar-refractivity contribution in [1.29, 1.82) is 0 Å². The summed E-state index contributed by atoms with van der Waals surface area (Å²) in [7, 11) is 0. The Hall–Kier alpha value is -1.79. The largest absolute Gasteiger partial charge is 0.466 e. The number of thiophene rings is 1. The number of rotatable bonds is 6. The van der Waals surface area contributed by atoms with E-state index in [-0.39, 0.29) is 18.5 Å². The fourth-order valence-corrected chi connectivity index (χ4v) is 3.02. The maximum atomic E-state index is 11.8. The molecule has 5 nitrogen and oxygen atoms in total. The average molecular weight is 306 g/mol. The Morgan fingerprint density at radius 3 is 2.86 bits per heavy atom. The number of urea groups is 1. The summed E-state index contributed by atoms with van der Waals surface area (Å²) in [6.07, 6.45) is 3.45.